The van der Waals surface area contributed by atoms with E-state index in [1.54, 1.807) is 36.4 Å². The molecule has 1 saturated heterocycles. The number of carbonyl (C=O) groups is 1. The molecular weight excluding hydrogens is 309 g/mol. The number of hydrogen-bond acceptors (Lipinski definition) is 4. The normalized spacial score (nSPS) is 14.6. The number of anilines is 1. The van der Waals surface area contributed by atoms with Crippen molar-refractivity contribution in [2.24, 2.45) is 0 Å². The van der Waals surface area contributed by atoms with Crippen LogP contribution in [-0.4, -0.2) is 47.1 Å². The van der Waals surface area contributed by atoms with Crippen molar-refractivity contribution in [1.82, 2.24) is 20.2 Å². The van der Waals surface area contributed by atoms with Crippen LogP contribution in [0, 0.1) is 12.7 Å². The highest BCUT2D eigenvalue weighted by atomic mass is 19.1. The Morgan fingerprint density at radius 3 is 2.58 bits per heavy atom. The number of amides is 2. The predicted molar refractivity (Wildman–Crippen MR) is 89.2 cm³/mol. The summed E-state index contributed by atoms with van der Waals surface area (Å²) in [6, 6.07) is 6.64. The third-order valence-corrected chi connectivity index (χ3v) is 4.08. The Kier molecular flexibility index (Phi) is 4.88. The Hall–Kier alpha value is -2.70. The summed E-state index contributed by atoms with van der Waals surface area (Å²) in [6.45, 7) is 4.62. The number of urea groups is 1. The van der Waals surface area contributed by atoms with Gasteiger partial charge in [0.25, 0.3) is 0 Å². The molecule has 126 valence electrons. The van der Waals surface area contributed by atoms with Gasteiger partial charge in [0, 0.05) is 45.1 Å². The molecule has 2 heterocycles. The van der Waals surface area contributed by atoms with E-state index < -0.39 is 0 Å². The van der Waals surface area contributed by atoms with E-state index in [2.05, 4.69) is 20.2 Å². The van der Waals surface area contributed by atoms with E-state index in [4.69, 9.17) is 0 Å². The number of aryl methyl sites for hydroxylation is 1. The van der Waals surface area contributed by atoms with Crippen LogP contribution in [0.3, 0.4) is 0 Å². The Morgan fingerprint density at radius 1 is 1.21 bits per heavy atom. The van der Waals surface area contributed by atoms with E-state index in [-0.39, 0.29) is 11.8 Å². The molecule has 1 fully saturated rings. The number of carbonyl (C=O) groups excluding carboxylic acids is 1. The zero-order valence-corrected chi connectivity index (χ0v) is 13.6. The Morgan fingerprint density at radius 2 is 1.92 bits per heavy atom. The fraction of sp³-hybridized carbons (Fsp3) is 0.353. The van der Waals surface area contributed by atoms with Crippen molar-refractivity contribution in [2.45, 2.75) is 13.5 Å². The van der Waals surface area contributed by atoms with Gasteiger partial charge in [0.15, 0.2) is 0 Å². The molecule has 0 bridgehead atoms. The van der Waals surface area contributed by atoms with Crippen LogP contribution in [0.25, 0.3) is 0 Å². The lowest BCUT2D eigenvalue weighted by Crippen LogP contribution is -2.52. The molecule has 7 heteroatoms. The lowest BCUT2D eigenvalue weighted by molar-refractivity contribution is 0.193. The van der Waals surface area contributed by atoms with Crippen molar-refractivity contribution < 1.29 is 9.18 Å². The van der Waals surface area contributed by atoms with Gasteiger partial charge in [-0.15, -0.1) is 0 Å². The van der Waals surface area contributed by atoms with Gasteiger partial charge in [-0.1, -0.05) is 12.1 Å². The summed E-state index contributed by atoms with van der Waals surface area (Å²) >= 11 is 0. The van der Waals surface area contributed by atoms with Crippen LogP contribution in [0.1, 0.15) is 11.1 Å². The van der Waals surface area contributed by atoms with Gasteiger partial charge in [0.2, 0.25) is 5.95 Å². The molecule has 0 radical (unpaired) electrons. The molecule has 1 aromatic carbocycles. The molecule has 1 aliphatic heterocycles. The van der Waals surface area contributed by atoms with E-state index in [9.17, 15) is 9.18 Å². The van der Waals surface area contributed by atoms with Crippen LogP contribution < -0.4 is 10.2 Å². The van der Waals surface area contributed by atoms with Crippen LogP contribution in [0.15, 0.2) is 36.7 Å². The summed E-state index contributed by atoms with van der Waals surface area (Å²) in [5, 5.41) is 2.84. The second-order valence-electron chi connectivity index (χ2n) is 5.77. The van der Waals surface area contributed by atoms with Crippen LogP contribution in [0.5, 0.6) is 0 Å². The maximum Gasteiger partial charge on any atom is 0.317 e. The van der Waals surface area contributed by atoms with Crippen molar-refractivity contribution in [3.63, 3.8) is 0 Å². The third-order valence-electron chi connectivity index (χ3n) is 4.08. The SMILES string of the molecule is Cc1ccc(CNC(=O)N2CCN(c3ncccn3)CC2)cc1F. The van der Waals surface area contributed by atoms with E-state index in [0.717, 1.165) is 5.56 Å². The Balaban J connectivity index is 1.49. The first kappa shape index (κ1) is 16.2. The molecule has 2 amide bonds. The molecule has 24 heavy (non-hydrogen) atoms. The van der Waals surface area contributed by atoms with Crippen molar-refractivity contribution in [1.29, 1.82) is 0 Å². The van der Waals surface area contributed by atoms with Gasteiger partial charge in [-0.25, -0.2) is 19.2 Å². The fourth-order valence-electron chi connectivity index (χ4n) is 2.60. The largest absolute Gasteiger partial charge is 0.337 e. The number of nitrogens with zero attached hydrogens (tertiary/aromatic N) is 4. The minimum Gasteiger partial charge on any atom is -0.337 e. The van der Waals surface area contributed by atoms with Crippen LogP contribution >= 0.6 is 0 Å². The average Bonchev–Trinajstić information content (AvgIpc) is 2.63. The zero-order chi connectivity index (χ0) is 16.9. The van der Waals surface area contributed by atoms with E-state index >= 15 is 0 Å². The number of halogens is 1. The van der Waals surface area contributed by atoms with Gasteiger partial charge in [0.05, 0.1) is 0 Å². The number of piperazine rings is 1. The van der Waals surface area contributed by atoms with Crippen molar-refractivity contribution in [2.75, 3.05) is 31.1 Å². The minimum atomic E-state index is -0.252. The lowest BCUT2D eigenvalue weighted by Gasteiger charge is -2.34. The molecule has 1 aromatic heterocycles. The van der Waals surface area contributed by atoms with Gasteiger partial charge in [-0.3, -0.25) is 0 Å². The number of rotatable bonds is 3. The highest BCUT2D eigenvalue weighted by Crippen LogP contribution is 2.11. The van der Waals surface area contributed by atoms with E-state index in [1.807, 2.05) is 6.07 Å². The number of benzene rings is 1. The summed E-state index contributed by atoms with van der Waals surface area (Å²) in [6.07, 6.45) is 3.42. The second-order valence-corrected chi connectivity index (χ2v) is 5.77. The average molecular weight is 329 g/mol. The highest BCUT2D eigenvalue weighted by Gasteiger charge is 2.22. The first-order chi connectivity index (χ1) is 11.6. The third kappa shape index (κ3) is 3.79. The van der Waals surface area contributed by atoms with Crippen molar-refractivity contribution in [3.05, 3.63) is 53.6 Å². The molecule has 0 unspecified atom stereocenters. The number of hydrogen-bond donors (Lipinski definition) is 1. The standard InChI is InChI=1S/C17H20FN5O/c1-13-3-4-14(11-15(13)18)12-21-17(24)23-9-7-22(8-10-23)16-19-5-2-6-20-16/h2-6,11H,7-10,12H2,1H3,(H,21,24). The monoisotopic (exact) mass is 329 g/mol. The van der Waals surface area contributed by atoms with Crippen molar-refractivity contribution >= 4 is 12.0 Å². The predicted octanol–water partition coefficient (Wildman–Crippen LogP) is 1.96. The van der Waals surface area contributed by atoms with Crippen LogP contribution in [0.4, 0.5) is 15.1 Å². The molecule has 3 rings (SSSR count). The first-order valence-electron chi connectivity index (χ1n) is 7.93. The molecule has 1 aliphatic rings. The maximum absolute atomic E-state index is 13.5. The Bertz CT molecular complexity index is 701. The minimum absolute atomic E-state index is 0.135. The first-order valence-corrected chi connectivity index (χ1v) is 7.93. The summed E-state index contributed by atoms with van der Waals surface area (Å²) in [5.41, 5.74) is 1.35. The van der Waals surface area contributed by atoms with Gasteiger partial charge < -0.3 is 15.1 Å². The lowest BCUT2D eigenvalue weighted by atomic mass is 10.1. The highest BCUT2D eigenvalue weighted by molar-refractivity contribution is 5.74. The van der Waals surface area contributed by atoms with Gasteiger partial charge in [-0.05, 0) is 30.2 Å². The van der Waals surface area contributed by atoms with Gasteiger partial charge in [-0.2, -0.15) is 0 Å². The molecule has 0 saturated carbocycles. The summed E-state index contributed by atoms with van der Waals surface area (Å²) in [7, 11) is 0. The number of nitrogens with one attached hydrogen (secondary N) is 1. The van der Waals surface area contributed by atoms with Crippen molar-refractivity contribution in [3.8, 4) is 0 Å². The van der Waals surface area contributed by atoms with E-state index in [0.29, 0.717) is 44.2 Å². The maximum atomic E-state index is 13.5. The van der Waals surface area contributed by atoms with Gasteiger partial charge >= 0.3 is 6.03 Å². The summed E-state index contributed by atoms with van der Waals surface area (Å²) in [5.74, 6) is 0.436. The van der Waals surface area contributed by atoms with Gasteiger partial charge in [0.1, 0.15) is 5.82 Å². The quantitative estimate of drug-likeness (QED) is 0.935. The molecule has 0 aliphatic carbocycles. The zero-order valence-electron chi connectivity index (χ0n) is 13.6. The topological polar surface area (TPSA) is 61.4 Å². The Labute approximate surface area is 140 Å². The molecule has 0 atom stereocenters. The molecule has 6 nitrogen and oxygen atoms in total. The summed E-state index contributed by atoms with van der Waals surface area (Å²) in [4.78, 5) is 24.5. The molecular formula is C17H20FN5O. The molecule has 0 spiro atoms. The number of aromatic nitrogens is 2. The molecule has 2 aromatic rings. The summed E-state index contributed by atoms with van der Waals surface area (Å²) < 4.78 is 13.5. The fourth-order valence-corrected chi connectivity index (χ4v) is 2.60. The second kappa shape index (κ2) is 7.25. The smallest absolute Gasteiger partial charge is 0.317 e. The van der Waals surface area contributed by atoms with E-state index in [1.165, 1.54) is 6.07 Å². The van der Waals surface area contributed by atoms with Crippen LogP contribution in [0.2, 0.25) is 0 Å². The molecule has 1 N–H and O–H groups in total. The van der Waals surface area contributed by atoms with Crippen LogP contribution in [-0.2, 0) is 6.54 Å².